The quantitative estimate of drug-likeness (QED) is 0.723. The van der Waals surface area contributed by atoms with Crippen LogP contribution in [0.2, 0.25) is 0 Å². The third-order valence-corrected chi connectivity index (χ3v) is 4.55. The van der Waals surface area contributed by atoms with E-state index in [1.54, 1.807) is 7.11 Å². The largest absolute Gasteiger partial charge is 0.497 e. The predicted molar refractivity (Wildman–Crippen MR) is 84.2 cm³/mol. The van der Waals surface area contributed by atoms with Crippen LogP contribution in [0.1, 0.15) is 26.7 Å². The van der Waals surface area contributed by atoms with Crippen molar-refractivity contribution in [2.45, 2.75) is 37.1 Å². The fourth-order valence-corrected chi connectivity index (χ4v) is 2.68. The molecule has 0 bridgehead atoms. The summed E-state index contributed by atoms with van der Waals surface area (Å²) in [5, 5.41) is 3.06. The van der Waals surface area contributed by atoms with Crippen molar-refractivity contribution in [2.75, 3.05) is 19.4 Å². The molecule has 0 aliphatic heterocycles. The van der Waals surface area contributed by atoms with Gasteiger partial charge in [0.2, 0.25) is 5.91 Å². The van der Waals surface area contributed by atoms with Crippen LogP contribution < -0.4 is 15.8 Å². The minimum absolute atomic E-state index is 0.0203. The SMILES string of the molecule is CCC(CC)(CN)NC(=O)CSc1cccc(OC)c1. The number of ether oxygens (including phenoxy) is 1. The van der Waals surface area contributed by atoms with Crippen LogP contribution in [0.4, 0.5) is 0 Å². The van der Waals surface area contributed by atoms with E-state index in [1.807, 2.05) is 38.1 Å². The number of hydrogen-bond donors (Lipinski definition) is 2. The first kappa shape index (κ1) is 16.9. The lowest BCUT2D eigenvalue weighted by Crippen LogP contribution is -2.53. The van der Waals surface area contributed by atoms with E-state index in [2.05, 4.69) is 5.32 Å². The van der Waals surface area contributed by atoms with Gasteiger partial charge in [0.05, 0.1) is 18.4 Å². The van der Waals surface area contributed by atoms with Gasteiger partial charge in [-0.05, 0) is 31.0 Å². The average Bonchev–Trinajstić information content (AvgIpc) is 2.51. The lowest BCUT2D eigenvalue weighted by Gasteiger charge is -2.31. The van der Waals surface area contributed by atoms with Crippen LogP contribution in [0.25, 0.3) is 0 Å². The van der Waals surface area contributed by atoms with Gasteiger partial charge in [0, 0.05) is 11.4 Å². The molecule has 0 radical (unpaired) electrons. The molecule has 0 spiro atoms. The van der Waals surface area contributed by atoms with Gasteiger partial charge in [-0.15, -0.1) is 11.8 Å². The first-order chi connectivity index (χ1) is 9.59. The second kappa shape index (κ2) is 8.17. The van der Waals surface area contributed by atoms with Crippen molar-refractivity contribution in [1.29, 1.82) is 0 Å². The smallest absolute Gasteiger partial charge is 0.230 e. The van der Waals surface area contributed by atoms with Crippen molar-refractivity contribution in [3.63, 3.8) is 0 Å². The summed E-state index contributed by atoms with van der Waals surface area (Å²) in [6.45, 7) is 4.56. The first-order valence-electron chi connectivity index (χ1n) is 6.87. The van der Waals surface area contributed by atoms with E-state index in [0.29, 0.717) is 12.3 Å². The number of carbonyl (C=O) groups excluding carboxylic acids is 1. The summed E-state index contributed by atoms with van der Waals surface area (Å²) in [5.74, 6) is 1.20. The van der Waals surface area contributed by atoms with Crippen LogP contribution in [-0.2, 0) is 4.79 Å². The van der Waals surface area contributed by atoms with Gasteiger partial charge in [-0.3, -0.25) is 4.79 Å². The van der Waals surface area contributed by atoms with Crippen molar-refractivity contribution < 1.29 is 9.53 Å². The molecule has 0 unspecified atom stereocenters. The van der Waals surface area contributed by atoms with E-state index in [0.717, 1.165) is 23.5 Å². The lowest BCUT2D eigenvalue weighted by atomic mass is 9.93. The maximum Gasteiger partial charge on any atom is 0.230 e. The number of amides is 1. The third-order valence-electron chi connectivity index (χ3n) is 3.56. The minimum atomic E-state index is -0.272. The lowest BCUT2D eigenvalue weighted by molar-refractivity contribution is -0.120. The summed E-state index contributed by atoms with van der Waals surface area (Å²) < 4.78 is 5.16. The van der Waals surface area contributed by atoms with Gasteiger partial charge in [-0.1, -0.05) is 19.9 Å². The number of thioether (sulfide) groups is 1. The van der Waals surface area contributed by atoms with Gasteiger partial charge >= 0.3 is 0 Å². The summed E-state index contributed by atoms with van der Waals surface area (Å²) in [4.78, 5) is 13.1. The Hall–Kier alpha value is -1.20. The topological polar surface area (TPSA) is 64.3 Å². The van der Waals surface area contributed by atoms with Crippen LogP contribution >= 0.6 is 11.8 Å². The molecule has 1 amide bonds. The maximum atomic E-state index is 12.0. The molecule has 112 valence electrons. The van der Waals surface area contributed by atoms with Gasteiger partial charge < -0.3 is 15.8 Å². The van der Waals surface area contributed by atoms with Crippen LogP contribution in [0.15, 0.2) is 29.2 Å². The molecule has 0 saturated carbocycles. The average molecular weight is 296 g/mol. The van der Waals surface area contributed by atoms with Gasteiger partial charge in [-0.25, -0.2) is 0 Å². The predicted octanol–water partition coefficient (Wildman–Crippen LogP) is 2.42. The number of nitrogens with one attached hydrogen (secondary N) is 1. The summed E-state index contributed by atoms with van der Waals surface area (Å²) >= 11 is 1.50. The Morgan fingerprint density at radius 2 is 2.10 bits per heavy atom. The van der Waals surface area contributed by atoms with Crippen molar-refractivity contribution in [2.24, 2.45) is 5.73 Å². The molecule has 4 nitrogen and oxygen atoms in total. The molecule has 0 aromatic heterocycles. The van der Waals surface area contributed by atoms with Crippen molar-refractivity contribution in [3.8, 4) is 5.75 Å². The summed E-state index contributed by atoms with van der Waals surface area (Å²) in [5.41, 5.74) is 5.51. The molecule has 20 heavy (non-hydrogen) atoms. The Kier molecular flexibility index (Phi) is 6.88. The minimum Gasteiger partial charge on any atom is -0.497 e. The van der Waals surface area contributed by atoms with E-state index >= 15 is 0 Å². The zero-order valence-electron chi connectivity index (χ0n) is 12.4. The molecule has 1 aromatic carbocycles. The molecule has 0 heterocycles. The maximum absolute atomic E-state index is 12.0. The van der Waals surface area contributed by atoms with Gasteiger partial charge in [0.1, 0.15) is 5.75 Å². The molecule has 0 fully saturated rings. The third kappa shape index (κ3) is 4.72. The Labute approximate surface area is 125 Å². The molecular formula is C15H24N2O2S. The van der Waals surface area contributed by atoms with Crippen LogP contribution in [0.3, 0.4) is 0 Å². The Bertz CT molecular complexity index is 425. The normalized spacial score (nSPS) is 11.2. The zero-order valence-corrected chi connectivity index (χ0v) is 13.3. The fourth-order valence-electron chi connectivity index (χ4n) is 1.94. The first-order valence-corrected chi connectivity index (χ1v) is 7.85. The second-order valence-electron chi connectivity index (χ2n) is 4.71. The van der Waals surface area contributed by atoms with E-state index in [1.165, 1.54) is 11.8 Å². The number of carbonyl (C=O) groups is 1. The zero-order chi connectivity index (χ0) is 15.0. The van der Waals surface area contributed by atoms with E-state index in [-0.39, 0.29) is 11.4 Å². The highest BCUT2D eigenvalue weighted by Crippen LogP contribution is 2.23. The number of benzene rings is 1. The molecule has 0 atom stereocenters. The van der Waals surface area contributed by atoms with Crippen molar-refractivity contribution in [3.05, 3.63) is 24.3 Å². The van der Waals surface area contributed by atoms with Crippen LogP contribution in [-0.4, -0.2) is 30.9 Å². The van der Waals surface area contributed by atoms with E-state index < -0.39 is 0 Å². The molecule has 1 rings (SSSR count). The molecule has 0 aliphatic carbocycles. The molecular weight excluding hydrogens is 272 g/mol. The Balaban J connectivity index is 2.54. The molecule has 5 heteroatoms. The highest BCUT2D eigenvalue weighted by molar-refractivity contribution is 8.00. The molecule has 1 aromatic rings. The fraction of sp³-hybridized carbons (Fsp3) is 0.533. The van der Waals surface area contributed by atoms with Crippen molar-refractivity contribution in [1.82, 2.24) is 5.32 Å². The summed E-state index contributed by atoms with van der Waals surface area (Å²) in [7, 11) is 1.63. The number of nitrogens with two attached hydrogens (primary N) is 1. The van der Waals surface area contributed by atoms with E-state index in [9.17, 15) is 4.79 Å². The number of hydrogen-bond acceptors (Lipinski definition) is 4. The highest BCUT2D eigenvalue weighted by Gasteiger charge is 2.25. The summed E-state index contributed by atoms with van der Waals surface area (Å²) in [6.07, 6.45) is 1.69. The molecule has 0 aliphatic rings. The summed E-state index contributed by atoms with van der Waals surface area (Å²) in [6, 6.07) is 7.70. The Morgan fingerprint density at radius 3 is 2.65 bits per heavy atom. The van der Waals surface area contributed by atoms with Gasteiger partial charge in [-0.2, -0.15) is 0 Å². The molecule has 3 N–H and O–H groups in total. The number of methoxy groups -OCH3 is 1. The monoisotopic (exact) mass is 296 g/mol. The standard InChI is InChI=1S/C15H24N2O2S/c1-4-15(5-2,11-16)17-14(18)10-20-13-8-6-7-12(9-13)19-3/h6-9H,4-5,10-11,16H2,1-3H3,(H,17,18). The second-order valence-corrected chi connectivity index (χ2v) is 5.76. The number of rotatable bonds is 8. The van der Waals surface area contributed by atoms with E-state index in [4.69, 9.17) is 10.5 Å². The van der Waals surface area contributed by atoms with Gasteiger partial charge in [0.25, 0.3) is 0 Å². The van der Waals surface area contributed by atoms with Crippen molar-refractivity contribution >= 4 is 17.7 Å². The van der Waals surface area contributed by atoms with Gasteiger partial charge in [0.15, 0.2) is 0 Å². The molecule has 0 saturated heterocycles. The van der Waals surface area contributed by atoms with Crippen LogP contribution in [0.5, 0.6) is 5.75 Å². The van der Waals surface area contributed by atoms with Crippen LogP contribution in [0, 0.1) is 0 Å². The Morgan fingerprint density at radius 1 is 1.40 bits per heavy atom. The highest BCUT2D eigenvalue weighted by atomic mass is 32.2.